The normalized spacial score (nSPS) is 13.2. The van der Waals surface area contributed by atoms with Crippen LogP contribution in [0.1, 0.15) is 27.2 Å². The summed E-state index contributed by atoms with van der Waals surface area (Å²) in [6.07, 6.45) is 0.182. The van der Waals surface area contributed by atoms with Crippen LogP contribution in [0.2, 0.25) is 0 Å². The van der Waals surface area contributed by atoms with Crippen molar-refractivity contribution in [2.24, 2.45) is 0 Å². The van der Waals surface area contributed by atoms with E-state index in [-0.39, 0.29) is 12.0 Å². The number of aliphatic hydroxyl groups excluding tert-OH is 1. The Morgan fingerprint density at radius 3 is 2.25 bits per heavy atom. The number of hydrogen-bond acceptors (Lipinski definition) is 4. The minimum absolute atomic E-state index is 0.0799. The van der Waals surface area contributed by atoms with Crippen LogP contribution >= 0.6 is 0 Å². The standard InChI is InChI=1S/C10H20N2O4/c1-10(2,3)11-5-4-8(14)12-7(6-13)9(15)16/h7,11,13H,4-6H2,1-3H3,(H,12,14)(H,15,16)/t7-/m1/s1. The van der Waals surface area contributed by atoms with Crippen molar-refractivity contribution in [3.8, 4) is 0 Å². The summed E-state index contributed by atoms with van der Waals surface area (Å²) in [6.45, 7) is 5.77. The van der Waals surface area contributed by atoms with Crippen molar-refractivity contribution in [2.45, 2.75) is 38.8 Å². The molecule has 6 nitrogen and oxygen atoms in total. The first-order valence-corrected chi connectivity index (χ1v) is 5.14. The van der Waals surface area contributed by atoms with Crippen LogP contribution in [0.5, 0.6) is 0 Å². The van der Waals surface area contributed by atoms with Crippen molar-refractivity contribution < 1.29 is 19.8 Å². The monoisotopic (exact) mass is 232 g/mol. The van der Waals surface area contributed by atoms with Crippen LogP contribution in [0.25, 0.3) is 0 Å². The van der Waals surface area contributed by atoms with Crippen LogP contribution in [0.4, 0.5) is 0 Å². The highest BCUT2D eigenvalue weighted by molar-refractivity contribution is 5.83. The number of amides is 1. The number of carbonyl (C=O) groups excluding carboxylic acids is 1. The average molecular weight is 232 g/mol. The molecule has 94 valence electrons. The molecule has 0 aromatic carbocycles. The Kier molecular flexibility index (Phi) is 5.98. The van der Waals surface area contributed by atoms with Gasteiger partial charge in [-0.25, -0.2) is 4.79 Å². The highest BCUT2D eigenvalue weighted by Gasteiger charge is 2.18. The van der Waals surface area contributed by atoms with Gasteiger partial charge in [0.05, 0.1) is 6.61 Å². The second kappa shape index (κ2) is 6.44. The first-order valence-electron chi connectivity index (χ1n) is 5.14. The molecule has 0 bridgehead atoms. The van der Waals surface area contributed by atoms with Crippen LogP contribution in [-0.4, -0.2) is 46.8 Å². The molecular weight excluding hydrogens is 212 g/mol. The van der Waals surface area contributed by atoms with Gasteiger partial charge in [0.15, 0.2) is 0 Å². The summed E-state index contributed by atoms with van der Waals surface area (Å²) in [5.74, 6) is -1.63. The Morgan fingerprint density at radius 2 is 1.88 bits per heavy atom. The second-order valence-electron chi connectivity index (χ2n) is 4.57. The predicted molar refractivity (Wildman–Crippen MR) is 59.0 cm³/mol. The maximum absolute atomic E-state index is 11.3. The van der Waals surface area contributed by atoms with Gasteiger partial charge in [-0.2, -0.15) is 0 Å². The number of nitrogens with one attached hydrogen (secondary N) is 2. The Hall–Kier alpha value is -1.14. The number of aliphatic carboxylic acids is 1. The van der Waals surface area contributed by atoms with E-state index in [9.17, 15) is 9.59 Å². The fourth-order valence-electron chi connectivity index (χ4n) is 1.00. The molecule has 4 N–H and O–H groups in total. The maximum atomic E-state index is 11.3. The SMILES string of the molecule is CC(C)(C)NCCC(=O)N[C@H](CO)C(=O)O. The topological polar surface area (TPSA) is 98.7 Å². The molecule has 0 heterocycles. The Balaban J connectivity index is 3.86. The van der Waals surface area contributed by atoms with E-state index in [1.165, 1.54) is 0 Å². The van der Waals surface area contributed by atoms with E-state index >= 15 is 0 Å². The molecule has 0 saturated heterocycles. The molecule has 0 unspecified atom stereocenters. The predicted octanol–water partition coefficient (Wildman–Crippen LogP) is -0.674. The van der Waals surface area contributed by atoms with Crippen molar-refractivity contribution >= 4 is 11.9 Å². The van der Waals surface area contributed by atoms with Gasteiger partial charge in [-0.05, 0) is 20.8 Å². The van der Waals surface area contributed by atoms with E-state index in [0.29, 0.717) is 6.54 Å². The Bertz CT molecular complexity index is 248. The minimum atomic E-state index is -1.24. The van der Waals surface area contributed by atoms with Gasteiger partial charge in [0.1, 0.15) is 6.04 Å². The van der Waals surface area contributed by atoms with Gasteiger partial charge in [-0.15, -0.1) is 0 Å². The van der Waals surface area contributed by atoms with Crippen molar-refractivity contribution in [2.75, 3.05) is 13.2 Å². The third kappa shape index (κ3) is 7.19. The zero-order valence-corrected chi connectivity index (χ0v) is 9.91. The van der Waals surface area contributed by atoms with Crippen molar-refractivity contribution in [1.29, 1.82) is 0 Å². The van der Waals surface area contributed by atoms with Gasteiger partial charge in [0, 0.05) is 18.5 Å². The summed E-state index contributed by atoms with van der Waals surface area (Å²) in [5.41, 5.74) is -0.0799. The van der Waals surface area contributed by atoms with Gasteiger partial charge in [-0.3, -0.25) is 4.79 Å². The maximum Gasteiger partial charge on any atom is 0.328 e. The molecule has 1 amide bonds. The molecule has 1 atom stereocenters. The fraction of sp³-hybridized carbons (Fsp3) is 0.800. The molecule has 0 fully saturated rings. The molecule has 0 rings (SSSR count). The van der Waals surface area contributed by atoms with Crippen LogP contribution < -0.4 is 10.6 Å². The van der Waals surface area contributed by atoms with Crippen molar-refractivity contribution in [1.82, 2.24) is 10.6 Å². The molecular formula is C10H20N2O4. The summed E-state index contributed by atoms with van der Waals surface area (Å²) >= 11 is 0. The van der Waals surface area contributed by atoms with Crippen molar-refractivity contribution in [3.63, 3.8) is 0 Å². The molecule has 0 spiro atoms. The summed E-state index contributed by atoms with van der Waals surface area (Å²) < 4.78 is 0. The number of aliphatic hydroxyl groups is 1. The van der Waals surface area contributed by atoms with Crippen molar-refractivity contribution in [3.05, 3.63) is 0 Å². The van der Waals surface area contributed by atoms with E-state index in [1.54, 1.807) is 0 Å². The minimum Gasteiger partial charge on any atom is -0.480 e. The van der Waals surface area contributed by atoms with E-state index < -0.39 is 24.5 Å². The molecule has 0 radical (unpaired) electrons. The second-order valence-corrected chi connectivity index (χ2v) is 4.57. The number of rotatable bonds is 6. The van der Waals surface area contributed by atoms with E-state index in [4.69, 9.17) is 10.2 Å². The lowest BCUT2D eigenvalue weighted by Gasteiger charge is -2.20. The van der Waals surface area contributed by atoms with Crippen LogP contribution in [0.15, 0.2) is 0 Å². The van der Waals surface area contributed by atoms with E-state index in [2.05, 4.69) is 10.6 Å². The van der Waals surface area contributed by atoms with E-state index in [1.807, 2.05) is 20.8 Å². The summed E-state index contributed by atoms with van der Waals surface area (Å²) in [6, 6.07) is -1.22. The van der Waals surface area contributed by atoms with Crippen LogP contribution in [0, 0.1) is 0 Å². The fourth-order valence-corrected chi connectivity index (χ4v) is 1.00. The lowest BCUT2D eigenvalue weighted by atomic mass is 10.1. The average Bonchev–Trinajstić information content (AvgIpc) is 2.11. The van der Waals surface area contributed by atoms with Gasteiger partial charge in [0.2, 0.25) is 5.91 Å². The number of hydrogen-bond donors (Lipinski definition) is 4. The lowest BCUT2D eigenvalue weighted by Crippen LogP contribution is -2.45. The third-order valence-electron chi connectivity index (χ3n) is 1.82. The molecule has 6 heteroatoms. The summed E-state index contributed by atoms with van der Waals surface area (Å²) in [4.78, 5) is 21.8. The smallest absolute Gasteiger partial charge is 0.328 e. The highest BCUT2D eigenvalue weighted by atomic mass is 16.4. The third-order valence-corrected chi connectivity index (χ3v) is 1.82. The zero-order chi connectivity index (χ0) is 12.8. The first kappa shape index (κ1) is 14.9. The number of carboxylic acid groups (broad SMARTS) is 1. The molecule has 0 aromatic rings. The highest BCUT2D eigenvalue weighted by Crippen LogP contribution is 1.97. The van der Waals surface area contributed by atoms with Gasteiger partial charge < -0.3 is 20.8 Å². The molecule has 0 aliphatic heterocycles. The van der Waals surface area contributed by atoms with Crippen LogP contribution in [0.3, 0.4) is 0 Å². The first-order chi connectivity index (χ1) is 7.26. The molecule has 16 heavy (non-hydrogen) atoms. The lowest BCUT2D eigenvalue weighted by molar-refractivity contribution is -0.142. The molecule has 0 aliphatic carbocycles. The zero-order valence-electron chi connectivity index (χ0n) is 9.91. The largest absolute Gasteiger partial charge is 0.480 e. The molecule has 0 saturated carbocycles. The Labute approximate surface area is 95.0 Å². The molecule has 0 aliphatic rings. The molecule has 0 aromatic heterocycles. The number of carbonyl (C=O) groups is 2. The van der Waals surface area contributed by atoms with Gasteiger partial charge in [-0.1, -0.05) is 0 Å². The van der Waals surface area contributed by atoms with Crippen LogP contribution in [-0.2, 0) is 9.59 Å². The summed E-state index contributed by atoms with van der Waals surface area (Å²) in [5, 5.41) is 22.6. The van der Waals surface area contributed by atoms with Gasteiger partial charge >= 0.3 is 5.97 Å². The quantitative estimate of drug-likeness (QED) is 0.486. The van der Waals surface area contributed by atoms with E-state index in [0.717, 1.165) is 0 Å². The van der Waals surface area contributed by atoms with Gasteiger partial charge in [0.25, 0.3) is 0 Å². The number of carboxylic acids is 1. The Morgan fingerprint density at radius 1 is 1.31 bits per heavy atom. The summed E-state index contributed by atoms with van der Waals surface area (Å²) in [7, 11) is 0.